The number of aliphatic hydroxyl groups excluding tert-OH is 1. The highest BCUT2D eigenvalue weighted by Crippen LogP contribution is 2.42. The Bertz CT molecular complexity index is 475. The van der Waals surface area contributed by atoms with E-state index in [0.29, 0.717) is 10.8 Å². The lowest BCUT2D eigenvalue weighted by atomic mass is 9.69. The number of benzene rings is 1. The SMILES string of the molecule is CC1C(O)CC1c1ccc(S(C)(=O)=O)cc1. The van der Waals surface area contributed by atoms with Crippen molar-refractivity contribution in [2.24, 2.45) is 5.92 Å². The summed E-state index contributed by atoms with van der Waals surface area (Å²) in [5.74, 6) is 0.632. The first-order valence-electron chi connectivity index (χ1n) is 5.37. The highest BCUT2D eigenvalue weighted by molar-refractivity contribution is 7.90. The molecule has 0 amide bonds. The highest BCUT2D eigenvalue weighted by Gasteiger charge is 2.37. The van der Waals surface area contributed by atoms with Gasteiger partial charge in [-0.25, -0.2) is 8.42 Å². The second kappa shape index (κ2) is 3.86. The number of sulfone groups is 1. The molecule has 1 aromatic rings. The van der Waals surface area contributed by atoms with Gasteiger partial charge in [-0.3, -0.25) is 0 Å². The number of aliphatic hydroxyl groups is 1. The molecule has 1 aliphatic carbocycles. The zero-order valence-corrected chi connectivity index (χ0v) is 10.2. The first-order chi connectivity index (χ1) is 7.39. The van der Waals surface area contributed by atoms with Crippen LogP contribution in [0.25, 0.3) is 0 Å². The van der Waals surface area contributed by atoms with Crippen molar-refractivity contribution in [2.45, 2.75) is 30.3 Å². The molecule has 1 saturated carbocycles. The van der Waals surface area contributed by atoms with Crippen LogP contribution in [0.5, 0.6) is 0 Å². The standard InChI is InChI=1S/C12H16O3S/c1-8-11(7-12(8)13)9-3-5-10(6-4-9)16(2,14)15/h3-6,8,11-13H,7H2,1-2H3. The molecular weight excluding hydrogens is 224 g/mol. The van der Waals surface area contributed by atoms with E-state index in [0.717, 1.165) is 12.0 Å². The maximum absolute atomic E-state index is 11.3. The van der Waals surface area contributed by atoms with Gasteiger partial charge in [-0.05, 0) is 36.0 Å². The molecular formula is C12H16O3S. The van der Waals surface area contributed by atoms with Crippen LogP contribution in [0.1, 0.15) is 24.8 Å². The van der Waals surface area contributed by atoms with Crippen molar-refractivity contribution in [3.05, 3.63) is 29.8 Å². The second-order valence-electron chi connectivity index (χ2n) is 4.61. The molecule has 3 nitrogen and oxygen atoms in total. The van der Waals surface area contributed by atoms with Gasteiger partial charge in [-0.2, -0.15) is 0 Å². The van der Waals surface area contributed by atoms with E-state index in [-0.39, 0.29) is 12.0 Å². The molecule has 0 spiro atoms. The normalized spacial score (nSPS) is 29.8. The molecule has 2 rings (SSSR count). The Kier molecular flexibility index (Phi) is 2.80. The summed E-state index contributed by atoms with van der Waals surface area (Å²) in [5, 5.41) is 9.44. The van der Waals surface area contributed by atoms with Crippen molar-refractivity contribution >= 4 is 9.84 Å². The minimum atomic E-state index is -3.11. The average Bonchev–Trinajstić information content (AvgIpc) is 2.24. The van der Waals surface area contributed by atoms with E-state index in [9.17, 15) is 13.5 Å². The molecule has 1 aromatic carbocycles. The number of rotatable bonds is 2. The van der Waals surface area contributed by atoms with Gasteiger partial charge in [-0.1, -0.05) is 19.1 Å². The van der Waals surface area contributed by atoms with Crippen LogP contribution in [0.4, 0.5) is 0 Å². The molecule has 0 radical (unpaired) electrons. The van der Waals surface area contributed by atoms with Crippen molar-refractivity contribution < 1.29 is 13.5 Å². The minimum absolute atomic E-state index is 0.209. The lowest BCUT2D eigenvalue weighted by Crippen LogP contribution is -2.37. The van der Waals surface area contributed by atoms with Crippen molar-refractivity contribution in [2.75, 3.05) is 6.26 Å². The molecule has 0 heterocycles. The van der Waals surface area contributed by atoms with E-state index >= 15 is 0 Å². The van der Waals surface area contributed by atoms with Gasteiger partial charge in [-0.15, -0.1) is 0 Å². The van der Waals surface area contributed by atoms with Gasteiger partial charge in [0.2, 0.25) is 0 Å². The van der Waals surface area contributed by atoms with Crippen molar-refractivity contribution in [3.8, 4) is 0 Å². The molecule has 1 fully saturated rings. The molecule has 3 atom stereocenters. The van der Waals surface area contributed by atoms with Crippen molar-refractivity contribution in [1.29, 1.82) is 0 Å². The lowest BCUT2D eigenvalue weighted by molar-refractivity contribution is 0.0117. The summed E-state index contributed by atoms with van der Waals surface area (Å²) < 4.78 is 22.5. The van der Waals surface area contributed by atoms with Gasteiger partial charge >= 0.3 is 0 Å². The van der Waals surface area contributed by atoms with Crippen LogP contribution in [-0.4, -0.2) is 25.9 Å². The van der Waals surface area contributed by atoms with Crippen LogP contribution < -0.4 is 0 Å². The Hall–Kier alpha value is -0.870. The molecule has 0 saturated heterocycles. The monoisotopic (exact) mass is 240 g/mol. The van der Waals surface area contributed by atoms with Gasteiger partial charge in [0.05, 0.1) is 11.0 Å². The zero-order valence-electron chi connectivity index (χ0n) is 9.42. The van der Waals surface area contributed by atoms with Crippen molar-refractivity contribution in [3.63, 3.8) is 0 Å². The lowest BCUT2D eigenvalue weighted by Gasteiger charge is -2.39. The summed E-state index contributed by atoms with van der Waals surface area (Å²) in [7, 11) is -3.11. The summed E-state index contributed by atoms with van der Waals surface area (Å²) in [6.45, 7) is 2.02. The minimum Gasteiger partial charge on any atom is -0.393 e. The predicted octanol–water partition coefficient (Wildman–Crippen LogP) is 1.57. The third-order valence-corrected chi connectivity index (χ3v) is 4.60. The molecule has 1 N–H and O–H groups in total. The largest absolute Gasteiger partial charge is 0.393 e. The second-order valence-corrected chi connectivity index (χ2v) is 6.63. The number of hydrogen-bond donors (Lipinski definition) is 1. The molecule has 16 heavy (non-hydrogen) atoms. The van der Waals surface area contributed by atoms with Gasteiger partial charge in [0.15, 0.2) is 9.84 Å². The average molecular weight is 240 g/mol. The highest BCUT2D eigenvalue weighted by atomic mass is 32.2. The Morgan fingerprint density at radius 1 is 1.25 bits per heavy atom. The van der Waals surface area contributed by atoms with E-state index in [1.54, 1.807) is 12.1 Å². The van der Waals surface area contributed by atoms with E-state index in [1.807, 2.05) is 19.1 Å². The summed E-state index contributed by atoms with van der Waals surface area (Å²) in [6.07, 6.45) is 1.77. The summed E-state index contributed by atoms with van der Waals surface area (Å²) >= 11 is 0. The number of hydrogen-bond acceptors (Lipinski definition) is 3. The van der Waals surface area contributed by atoms with Crippen LogP contribution in [0.2, 0.25) is 0 Å². The Morgan fingerprint density at radius 3 is 2.19 bits per heavy atom. The zero-order chi connectivity index (χ0) is 11.9. The van der Waals surface area contributed by atoms with Gasteiger partial charge in [0.1, 0.15) is 0 Å². The topological polar surface area (TPSA) is 54.4 Å². The van der Waals surface area contributed by atoms with Gasteiger partial charge in [0, 0.05) is 6.26 Å². The fraction of sp³-hybridized carbons (Fsp3) is 0.500. The molecule has 0 aliphatic heterocycles. The van der Waals surface area contributed by atoms with Crippen LogP contribution in [-0.2, 0) is 9.84 Å². The Labute approximate surface area is 96.0 Å². The first-order valence-corrected chi connectivity index (χ1v) is 7.27. The van der Waals surface area contributed by atoms with Crippen molar-refractivity contribution in [1.82, 2.24) is 0 Å². The fourth-order valence-corrected chi connectivity index (χ4v) is 2.79. The van der Waals surface area contributed by atoms with Crippen LogP contribution in [0.3, 0.4) is 0 Å². The maximum Gasteiger partial charge on any atom is 0.175 e. The first kappa shape index (κ1) is 11.6. The Balaban J connectivity index is 2.21. The van der Waals surface area contributed by atoms with E-state index < -0.39 is 9.84 Å². The molecule has 3 unspecified atom stereocenters. The van der Waals surface area contributed by atoms with E-state index in [2.05, 4.69) is 0 Å². The fourth-order valence-electron chi connectivity index (χ4n) is 2.16. The molecule has 0 bridgehead atoms. The summed E-state index contributed by atoms with van der Waals surface area (Å²) in [4.78, 5) is 0.351. The van der Waals surface area contributed by atoms with Gasteiger partial charge in [0.25, 0.3) is 0 Å². The Morgan fingerprint density at radius 2 is 1.81 bits per heavy atom. The molecule has 0 aromatic heterocycles. The van der Waals surface area contributed by atoms with E-state index in [1.165, 1.54) is 6.26 Å². The molecule has 1 aliphatic rings. The predicted molar refractivity (Wildman–Crippen MR) is 62.1 cm³/mol. The smallest absolute Gasteiger partial charge is 0.175 e. The van der Waals surface area contributed by atoms with E-state index in [4.69, 9.17) is 0 Å². The van der Waals surface area contributed by atoms with Gasteiger partial charge < -0.3 is 5.11 Å². The third kappa shape index (κ3) is 1.99. The third-order valence-electron chi connectivity index (χ3n) is 3.47. The molecule has 4 heteroatoms. The van der Waals surface area contributed by atoms with Crippen LogP contribution in [0.15, 0.2) is 29.2 Å². The molecule has 88 valence electrons. The van der Waals surface area contributed by atoms with Crippen LogP contribution in [0, 0.1) is 5.92 Å². The van der Waals surface area contributed by atoms with Crippen LogP contribution >= 0.6 is 0 Å². The summed E-state index contributed by atoms with van der Waals surface area (Å²) in [6, 6.07) is 6.98. The quantitative estimate of drug-likeness (QED) is 0.853. The summed E-state index contributed by atoms with van der Waals surface area (Å²) in [5.41, 5.74) is 1.12. The maximum atomic E-state index is 11.3.